The van der Waals surface area contributed by atoms with Crippen LogP contribution in [0.5, 0.6) is 0 Å². The van der Waals surface area contributed by atoms with E-state index in [1.54, 1.807) is 6.20 Å². The highest BCUT2D eigenvalue weighted by molar-refractivity contribution is 5.90. The Morgan fingerprint density at radius 1 is 1.17 bits per heavy atom. The predicted octanol–water partition coefficient (Wildman–Crippen LogP) is 1.52. The lowest BCUT2D eigenvalue weighted by molar-refractivity contribution is -0.116. The topological polar surface area (TPSA) is 74.5 Å². The first-order valence-electron chi connectivity index (χ1n) is 8.23. The average Bonchev–Trinajstić information content (AvgIpc) is 2.62. The van der Waals surface area contributed by atoms with Crippen LogP contribution in [0.25, 0.3) is 0 Å². The zero-order valence-electron chi connectivity index (χ0n) is 13.6. The number of benzene rings is 1. The highest BCUT2D eigenvalue weighted by atomic mass is 16.1. The number of para-hydroxylation sites is 1. The van der Waals surface area contributed by atoms with Crippen LogP contribution in [0.3, 0.4) is 0 Å². The molecule has 1 unspecified atom stereocenters. The number of nitrogens with two attached hydrogens (primary N) is 1. The third-order valence-corrected chi connectivity index (χ3v) is 4.19. The molecule has 0 saturated carbocycles. The van der Waals surface area contributed by atoms with Gasteiger partial charge in [-0.25, -0.2) is 4.98 Å². The Labute approximate surface area is 142 Å². The summed E-state index contributed by atoms with van der Waals surface area (Å²) in [5.41, 5.74) is 7.10. The number of aromatic nitrogens is 1. The Balaban J connectivity index is 1.46. The third kappa shape index (κ3) is 4.31. The van der Waals surface area contributed by atoms with Gasteiger partial charge in [0.1, 0.15) is 5.82 Å². The molecule has 1 aromatic heterocycles. The smallest absolute Gasteiger partial charge is 0.225 e. The SMILES string of the molecule is NC1CN(c2ccccn2)CCN1CCC(=O)Nc1ccccc1. The molecule has 0 radical (unpaired) electrons. The van der Waals surface area contributed by atoms with E-state index < -0.39 is 0 Å². The van der Waals surface area contributed by atoms with Gasteiger partial charge in [-0.2, -0.15) is 0 Å². The number of pyridine rings is 1. The first kappa shape index (κ1) is 16.4. The molecular formula is C18H23N5O. The molecule has 1 saturated heterocycles. The number of rotatable bonds is 5. The van der Waals surface area contributed by atoms with Gasteiger partial charge < -0.3 is 16.0 Å². The zero-order valence-corrected chi connectivity index (χ0v) is 13.6. The fourth-order valence-corrected chi connectivity index (χ4v) is 2.86. The standard InChI is InChI=1S/C18H23N5O/c19-16-14-23(17-8-4-5-10-20-17)13-12-22(16)11-9-18(24)21-15-6-2-1-3-7-15/h1-8,10,16H,9,11-14,19H2,(H,21,24). The van der Waals surface area contributed by atoms with E-state index in [0.717, 1.165) is 31.1 Å². The molecule has 6 heteroatoms. The second-order valence-electron chi connectivity index (χ2n) is 5.90. The van der Waals surface area contributed by atoms with E-state index in [2.05, 4.69) is 20.1 Å². The van der Waals surface area contributed by atoms with E-state index in [0.29, 0.717) is 13.0 Å². The van der Waals surface area contributed by atoms with E-state index in [-0.39, 0.29) is 12.1 Å². The Kier molecular flexibility index (Phi) is 5.40. The van der Waals surface area contributed by atoms with Crippen LogP contribution in [0, 0.1) is 0 Å². The molecule has 1 amide bonds. The molecule has 1 aliphatic heterocycles. The maximum absolute atomic E-state index is 12.0. The van der Waals surface area contributed by atoms with Gasteiger partial charge in [0.05, 0.1) is 6.17 Å². The van der Waals surface area contributed by atoms with E-state index in [1.165, 1.54) is 0 Å². The fraction of sp³-hybridized carbons (Fsp3) is 0.333. The van der Waals surface area contributed by atoms with Crippen LogP contribution in [-0.4, -0.2) is 48.1 Å². The minimum absolute atomic E-state index is 0.0144. The number of carbonyl (C=O) groups excluding carboxylic acids is 1. The number of anilines is 2. The average molecular weight is 325 g/mol. The van der Waals surface area contributed by atoms with Crippen molar-refractivity contribution < 1.29 is 4.79 Å². The predicted molar refractivity (Wildman–Crippen MR) is 95.7 cm³/mol. The van der Waals surface area contributed by atoms with Gasteiger partial charge in [0.15, 0.2) is 0 Å². The molecule has 0 aliphatic carbocycles. The zero-order chi connectivity index (χ0) is 16.8. The normalized spacial score (nSPS) is 18.4. The molecule has 2 aromatic rings. The fourth-order valence-electron chi connectivity index (χ4n) is 2.86. The number of carbonyl (C=O) groups is 1. The summed E-state index contributed by atoms with van der Waals surface area (Å²) in [6.45, 7) is 3.08. The Bertz CT molecular complexity index is 649. The van der Waals surface area contributed by atoms with Crippen molar-refractivity contribution in [1.29, 1.82) is 0 Å². The van der Waals surface area contributed by atoms with Gasteiger partial charge in [-0.05, 0) is 24.3 Å². The number of nitrogens with zero attached hydrogens (tertiary/aromatic N) is 3. The van der Waals surface area contributed by atoms with Crippen LogP contribution in [0.1, 0.15) is 6.42 Å². The molecule has 1 fully saturated rings. The van der Waals surface area contributed by atoms with Gasteiger partial charge in [-0.1, -0.05) is 24.3 Å². The Morgan fingerprint density at radius 2 is 1.96 bits per heavy atom. The molecule has 1 aliphatic rings. The lowest BCUT2D eigenvalue weighted by Crippen LogP contribution is -2.57. The van der Waals surface area contributed by atoms with E-state index in [4.69, 9.17) is 5.73 Å². The summed E-state index contributed by atoms with van der Waals surface area (Å²) in [5.74, 6) is 0.968. The lowest BCUT2D eigenvalue weighted by Gasteiger charge is -2.40. The summed E-state index contributed by atoms with van der Waals surface area (Å²) < 4.78 is 0. The first-order valence-corrected chi connectivity index (χ1v) is 8.23. The number of nitrogens with one attached hydrogen (secondary N) is 1. The second kappa shape index (κ2) is 7.90. The van der Waals surface area contributed by atoms with Gasteiger partial charge >= 0.3 is 0 Å². The van der Waals surface area contributed by atoms with Crippen LogP contribution in [0.15, 0.2) is 54.7 Å². The maximum Gasteiger partial charge on any atom is 0.225 e. The molecule has 24 heavy (non-hydrogen) atoms. The molecule has 0 bridgehead atoms. The summed E-state index contributed by atoms with van der Waals surface area (Å²) in [7, 11) is 0. The molecular weight excluding hydrogens is 302 g/mol. The highest BCUT2D eigenvalue weighted by Gasteiger charge is 2.24. The maximum atomic E-state index is 12.0. The van der Waals surface area contributed by atoms with E-state index >= 15 is 0 Å². The highest BCUT2D eigenvalue weighted by Crippen LogP contribution is 2.15. The van der Waals surface area contributed by atoms with Gasteiger partial charge in [-0.3, -0.25) is 9.69 Å². The van der Waals surface area contributed by atoms with Gasteiger partial charge in [0.2, 0.25) is 5.91 Å². The van der Waals surface area contributed by atoms with Crippen molar-refractivity contribution in [3.05, 3.63) is 54.7 Å². The van der Waals surface area contributed by atoms with E-state index in [9.17, 15) is 4.79 Å². The number of amides is 1. The van der Waals surface area contributed by atoms with Crippen molar-refractivity contribution in [2.24, 2.45) is 5.73 Å². The molecule has 1 aromatic carbocycles. The number of hydrogen-bond acceptors (Lipinski definition) is 5. The first-order chi connectivity index (χ1) is 11.7. The largest absolute Gasteiger partial charge is 0.352 e. The minimum atomic E-state index is -0.0923. The van der Waals surface area contributed by atoms with Crippen molar-refractivity contribution in [2.75, 3.05) is 36.4 Å². The van der Waals surface area contributed by atoms with Gasteiger partial charge in [-0.15, -0.1) is 0 Å². The van der Waals surface area contributed by atoms with Gasteiger partial charge in [0, 0.05) is 44.5 Å². The molecule has 0 spiro atoms. The van der Waals surface area contributed by atoms with Crippen LogP contribution in [-0.2, 0) is 4.79 Å². The molecule has 3 N–H and O–H groups in total. The van der Waals surface area contributed by atoms with E-state index in [1.807, 2.05) is 48.5 Å². The molecule has 126 valence electrons. The summed E-state index contributed by atoms with van der Waals surface area (Å²) in [6.07, 6.45) is 2.14. The minimum Gasteiger partial charge on any atom is -0.352 e. The van der Waals surface area contributed by atoms with Crippen molar-refractivity contribution in [3.8, 4) is 0 Å². The molecule has 3 rings (SSSR count). The summed E-state index contributed by atoms with van der Waals surface area (Å²) >= 11 is 0. The van der Waals surface area contributed by atoms with Crippen LogP contribution in [0.4, 0.5) is 11.5 Å². The second-order valence-corrected chi connectivity index (χ2v) is 5.90. The van der Waals surface area contributed by atoms with Crippen LogP contribution in [0.2, 0.25) is 0 Å². The summed E-state index contributed by atoms with van der Waals surface area (Å²) in [6, 6.07) is 15.4. The summed E-state index contributed by atoms with van der Waals surface area (Å²) in [4.78, 5) is 20.8. The number of piperazine rings is 1. The third-order valence-electron chi connectivity index (χ3n) is 4.19. The lowest BCUT2D eigenvalue weighted by atomic mass is 10.2. The molecule has 1 atom stereocenters. The number of hydrogen-bond donors (Lipinski definition) is 2. The van der Waals surface area contributed by atoms with Crippen LogP contribution < -0.4 is 16.0 Å². The molecule has 2 heterocycles. The van der Waals surface area contributed by atoms with Crippen molar-refractivity contribution >= 4 is 17.4 Å². The monoisotopic (exact) mass is 325 g/mol. The Hall–Kier alpha value is -2.44. The van der Waals surface area contributed by atoms with Crippen molar-refractivity contribution in [3.63, 3.8) is 0 Å². The summed E-state index contributed by atoms with van der Waals surface area (Å²) in [5, 5.41) is 2.90. The Morgan fingerprint density at radius 3 is 2.67 bits per heavy atom. The molecule has 6 nitrogen and oxygen atoms in total. The van der Waals surface area contributed by atoms with Crippen molar-refractivity contribution in [2.45, 2.75) is 12.6 Å². The van der Waals surface area contributed by atoms with Crippen LogP contribution >= 0.6 is 0 Å². The van der Waals surface area contributed by atoms with Gasteiger partial charge in [0.25, 0.3) is 0 Å². The quantitative estimate of drug-likeness (QED) is 0.872. The van der Waals surface area contributed by atoms with Crippen molar-refractivity contribution in [1.82, 2.24) is 9.88 Å².